The van der Waals surface area contributed by atoms with Gasteiger partial charge in [0.25, 0.3) is 0 Å². The molecule has 2 heteroatoms. The fraction of sp³-hybridized carbons (Fsp3) is 0.286. The van der Waals surface area contributed by atoms with Gasteiger partial charge in [-0.05, 0) is 48.6 Å². The van der Waals surface area contributed by atoms with E-state index in [-0.39, 0.29) is 5.78 Å². The predicted molar refractivity (Wildman–Crippen MR) is 62.6 cm³/mol. The molecule has 80 valence electrons. The second kappa shape index (κ2) is 4.76. The van der Waals surface area contributed by atoms with Gasteiger partial charge in [-0.25, -0.2) is 0 Å². The average molecular weight is 211 g/mol. The summed E-state index contributed by atoms with van der Waals surface area (Å²) in [6, 6.07) is 9.46. The maximum Gasteiger partial charge on any atom is 0.158 e. The van der Waals surface area contributed by atoms with Gasteiger partial charge in [0.15, 0.2) is 5.78 Å². The third kappa shape index (κ3) is 2.38. The SMILES string of the molecule is N#Cc1cccc(/C=C2/CCCCC2=O)c1. The van der Waals surface area contributed by atoms with Gasteiger partial charge in [-0.1, -0.05) is 12.1 Å². The maximum absolute atomic E-state index is 11.6. The van der Waals surface area contributed by atoms with E-state index in [9.17, 15) is 4.79 Å². The molecule has 2 rings (SSSR count). The van der Waals surface area contributed by atoms with E-state index < -0.39 is 0 Å². The van der Waals surface area contributed by atoms with Crippen molar-refractivity contribution in [2.45, 2.75) is 25.7 Å². The summed E-state index contributed by atoms with van der Waals surface area (Å²) in [5.41, 5.74) is 2.49. The topological polar surface area (TPSA) is 40.9 Å². The summed E-state index contributed by atoms with van der Waals surface area (Å²) in [6.45, 7) is 0. The summed E-state index contributed by atoms with van der Waals surface area (Å²) >= 11 is 0. The van der Waals surface area contributed by atoms with Crippen LogP contribution >= 0.6 is 0 Å². The molecule has 0 spiro atoms. The number of nitrogens with zero attached hydrogens (tertiary/aromatic N) is 1. The molecule has 0 N–H and O–H groups in total. The number of Topliss-reactive ketones (excluding diaryl/α,β-unsaturated/α-hetero) is 1. The van der Waals surface area contributed by atoms with Crippen LogP contribution in [0.25, 0.3) is 6.08 Å². The average Bonchev–Trinajstić information content (AvgIpc) is 2.32. The fourth-order valence-electron chi connectivity index (χ4n) is 1.95. The third-order valence-corrected chi connectivity index (χ3v) is 2.81. The van der Waals surface area contributed by atoms with Crippen LogP contribution in [0.2, 0.25) is 0 Å². The Balaban J connectivity index is 2.27. The molecule has 0 aromatic heterocycles. The molecule has 1 aromatic carbocycles. The lowest BCUT2D eigenvalue weighted by atomic mass is 9.92. The summed E-state index contributed by atoms with van der Waals surface area (Å²) in [5.74, 6) is 0.258. The molecular weight excluding hydrogens is 198 g/mol. The summed E-state index contributed by atoms with van der Waals surface area (Å²) in [7, 11) is 0. The van der Waals surface area contributed by atoms with Crippen LogP contribution in [-0.4, -0.2) is 5.78 Å². The van der Waals surface area contributed by atoms with Gasteiger partial charge in [0.1, 0.15) is 0 Å². The normalized spacial score (nSPS) is 18.4. The van der Waals surface area contributed by atoms with Gasteiger partial charge in [-0.3, -0.25) is 4.79 Å². The second-order valence-corrected chi connectivity index (χ2v) is 4.04. The van der Waals surface area contributed by atoms with E-state index in [1.165, 1.54) is 0 Å². The van der Waals surface area contributed by atoms with Gasteiger partial charge in [-0.2, -0.15) is 5.26 Å². The highest BCUT2D eigenvalue weighted by atomic mass is 16.1. The zero-order chi connectivity index (χ0) is 11.4. The Kier molecular flexibility index (Phi) is 3.16. The number of rotatable bonds is 1. The highest BCUT2D eigenvalue weighted by Gasteiger charge is 2.14. The molecular formula is C14H13NO. The molecule has 1 fully saturated rings. The van der Waals surface area contributed by atoms with Crippen molar-refractivity contribution >= 4 is 11.9 Å². The molecule has 1 aromatic rings. The third-order valence-electron chi connectivity index (χ3n) is 2.81. The molecule has 0 unspecified atom stereocenters. The molecule has 0 radical (unpaired) electrons. The summed E-state index contributed by atoms with van der Waals surface area (Å²) in [5, 5.41) is 8.78. The number of allylic oxidation sites excluding steroid dienone is 1. The minimum atomic E-state index is 0.258. The minimum absolute atomic E-state index is 0.258. The Morgan fingerprint density at radius 2 is 2.06 bits per heavy atom. The molecule has 0 amide bonds. The van der Waals surface area contributed by atoms with Gasteiger partial charge >= 0.3 is 0 Å². The van der Waals surface area contributed by atoms with Gasteiger partial charge in [0.05, 0.1) is 11.6 Å². The van der Waals surface area contributed by atoms with E-state index in [2.05, 4.69) is 6.07 Å². The van der Waals surface area contributed by atoms with Crippen LogP contribution in [0.1, 0.15) is 36.8 Å². The molecule has 1 saturated carbocycles. The Labute approximate surface area is 95.2 Å². The molecule has 1 aliphatic rings. The first kappa shape index (κ1) is 10.6. The quantitative estimate of drug-likeness (QED) is 0.670. The minimum Gasteiger partial charge on any atom is -0.295 e. The molecule has 0 aliphatic heterocycles. The molecule has 0 bridgehead atoms. The summed E-state index contributed by atoms with van der Waals surface area (Å²) in [4.78, 5) is 11.6. The lowest BCUT2D eigenvalue weighted by Gasteiger charge is -2.12. The van der Waals surface area contributed by atoms with E-state index >= 15 is 0 Å². The zero-order valence-corrected chi connectivity index (χ0v) is 9.07. The highest BCUT2D eigenvalue weighted by molar-refractivity contribution is 6.00. The second-order valence-electron chi connectivity index (χ2n) is 4.04. The van der Waals surface area contributed by atoms with E-state index in [1.807, 2.05) is 24.3 Å². The standard InChI is InChI=1S/C14H13NO/c15-10-12-5-3-4-11(8-12)9-13-6-1-2-7-14(13)16/h3-5,8-9H,1-2,6-7H2/b13-9-. The van der Waals surface area contributed by atoms with E-state index in [4.69, 9.17) is 5.26 Å². The molecule has 2 nitrogen and oxygen atoms in total. The number of nitriles is 1. The molecule has 0 saturated heterocycles. The van der Waals surface area contributed by atoms with Gasteiger partial charge in [0, 0.05) is 6.42 Å². The van der Waals surface area contributed by atoms with Crippen molar-refractivity contribution in [3.63, 3.8) is 0 Å². The maximum atomic E-state index is 11.6. The number of ketones is 1. The van der Waals surface area contributed by atoms with Gasteiger partial charge < -0.3 is 0 Å². The van der Waals surface area contributed by atoms with Crippen molar-refractivity contribution in [2.75, 3.05) is 0 Å². The van der Waals surface area contributed by atoms with Crippen LogP contribution < -0.4 is 0 Å². The Morgan fingerprint density at radius 3 is 2.81 bits per heavy atom. The highest BCUT2D eigenvalue weighted by Crippen LogP contribution is 2.22. The van der Waals surface area contributed by atoms with Crippen molar-refractivity contribution in [2.24, 2.45) is 0 Å². The number of benzene rings is 1. The van der Waals surface area contributed by atoms with Gasteiger partial charge in [0.2, 0.25) is 0 Å². The first-order valence-electron chi connectivity index (χ1n) is 5.53. The van der Waals surface area contributed by atoms with E-state index in [0.717, 1.165) is 30.4 Å². The Morgan fingerprint density at radius 1 is 1.25 bits per heavy atom. The van der Waals surface area contributed by atoms with Crippen molar-refractivity contribution in [3.05, 3.63) is 41.0 Å². The summed E-state index contributed by atoms with van der Waals surface area (Å²) < 4.78 is 0. The lowest BCUT2D eigenvalue weighted by molar-refractivity contribution is -0.116. The monoisotopic (exact) mass is 211 g/mol. The number of carbonyl (C=O) groups is 1. The van der Waals surface area contributed by atoms with Crippen LogP contribution in [0.15, 0.2) is 29.8 Å². The smallest absolute Gasteiger partial charge is 0.158 e. The Bertz CT molecular complexity index is 480. The largest absolute Gasteiger partial charge is 0.295 e. The summed E-state index contributed by atoms with van der Waals surface area (Å²) in [6.07, 6.45) is 5.56. The van der Waals surface area contributed by atoms with Crippen molar-refractivity contribution in [1.29, 1.82) is 5.26 Å². The first-order valence-corrected chi connectivity index (χ1v) is 5.53. The first-order chi connectivity index (χ1) is 7.79. The zero-order valence-electron chi connectivity index (χ0n) is 9.07. The van der Waals surface area contributed by atoms with E-state index in [1.54, 1.807) is 6.07 Å². The van der Waals surface area contributed by atoms with Gasteiger partial charge in [-0.15, -0.1) is 0 Å². The number of carbonyl (C=O) groups excluding carboxylic acids is 1. The lowest BCUT2D eigenvalue weighted by Crippen LogP contribution is -2.07. The van der Waals surface area contributed by atoms with Crippen LogP contribution in [0.3, 0.4) is 0 Å². The number of hydrogen-bond acceptors (Lipinski definition) is 2. The van der Waals surface area contributed by atoms with Crippen LogP contribution in [0.4, 0.5) is 0 Å². The van der Waals surface area contributed by atoms with Crippen molar-refractivity contribution in [3.8, 4) is 6.07 Å². The van der Waals surface area contributed by atoms with E-state index in [0.29, 0.717) is 12.0 Å². The van der Waals surface area contributed by atoms with Crippen molar-refractivity contribution in [1.82, 2.24) is 0 Å². The van der Waals surface area contributed by atoms with Crippen molar-refractivity contribution < 1.29 is 4.79 Å². The van der Waals surface area contributed by atoms with Crippen LogP contribution in [0, 0.1) is 11.3 Å². The van der Waals surface area contributed by atoms with Crippen LogP contribution in [-0.2, 0) is 4.79 Å². The number of hydrogen-bond donors (Lipinski definition) is 0. The molecule has 0 atom stereocenters. The van der Waals surface area contributed by atoms with Crippen LogP contribution in [0.5, 0.6) is 0 Å². The molecule has 1 aliphatic carbocycles. The molecule has 16 heavy (non-hydrogen) atoms. The Hall–Kier alpha value is -1.88. The predicted octanol–water partition coefficient (Wildman–Crippen LogP) is 3.08. The fourth-order valence-corrected chi connectivity index (χ4v) is 1.95. The molecule has 0 heterocycles.